The average Bonchev–Trinajstić information content (AvgIpc) is 3.06. The van der Waals surface area contributed by atoms with E-state index in [1.165, 1.54) is 25.7 Å². The lowest BCUT2D eigenvalue weighted by atomic mass is 9.42. The molecule has 0 bridgehead atoms. The molecule has 5 aliphatic rings. The third kappa shape index (κ3) is 4.13. The van der Waals surface area contributed by atoms with Crippen molar-refractivity contribution in [2.45, 2.75) is 90.6 Å². The number of rotatable bonds is 6. The first kappa shape index (κ1) is 24.2. The zero-order valence-corrected chi connectivity index (χ0v) is 21.5. The summed E-state index contributed by atoms with van der Waals surface area (Å²) in [5, 5.41) is 20.4. The molecule has 4 nitrogen and oxygen atoms in total. The number of hydrogen-bond donors (Lipinski definition) is 2. The minimum Gasteiger partial charge on any atom is -0.469 e. The molecule has 0 amide bonds. The van der Waals surface area contributed by atoms with E-state index in [0.717, 1.165) is 49.2 Å². The molecule has 186 valence electrons. The van der Waals surface area contributed by atoms with Crippen LogP contribution in [-0.2, 0) is 9.47 Å². The third-order valence-electron chi connectivity index (χ3n) is 11.0. The second-order valence-electron chi connectivity index (χ2n) is 12.2. The normalized spacial score (nSPS) is 50.9. The van der Waals surface area contributed by atoms with E-state index in [2.05, 4.69) is 20.8 Å². The molecule has 0 spiro atoms. The van der Waals surface area contributed by atoms with E-state index < -0.39 is 0 Å². The van der Waals surface area contributed by atoms with Crippen LogP contribution in [-0.4, -0.2) is 40.4 Å². The number of aliphatic hydroxyl groups excluding tert-OH is 2. The van der Waals surface area contributed by atoms with Gasteiger partial charge in [0.2, 0.25) is 6.29 Å². The molecule has 1 heterocycles. The van der Waals surface area contributed by atoms with Crippen LogP contribution in [0.15, 0.2) is 24.5 Å². The van der Waals surface area contributed by atoms with Gasteiger partial charge >= 0.3 is 0 Å². The van der Waals surface area contributed by atoms with E-state index in [4.69, 9.17) is 9.47 Å². The second kappa shape index (κ2) is 9.52. The van der Waals surface area contributed by atoms with E-state index in [1.54, 1.807) is 18.0 Å². The molecule has 11 atom stereocenters. The molecular weight excluding hydrogens is 432 g/mol. The Hall–Kier alpha value is -0.490. The fourth-order valence-electron chi connectivity index (χ4n) is 9.27. The summed E-state index contributed by atoms with van der Waals surface area (Å²) >= 11 is 1.64. The summed E-state index contributed by atoms with van der Waals surface area (Å²) in [5.41, 5.74) is 0.450. The van der Waals surface area contributed by atoms with Crippen molar-refractivity contribution < 1.29 is 19.7 Å². The first-order valence-electron chi connectivity index (χ1n) is 13.4. The van der Waals surface area contributed by atoms with Gasteiger partial charge in [-0.3, -0.25) is 0 Å². The fourth-order valence-corrected chi connectivity index (χ4v) is 9.87. The van der Waals surface area contributed by atoms with Crippen LogP contribution >= 0.6 is 11.8 Å². The molecule has 5 heteroatoms. The molecule has 4 aliphatic carbocycles. The van der Waals surface area contributed by atoms with Crippen LogP contribution in [0.4, 0.5) is 0 Å². The summed E-state index contributed by atoms with van der Waals surface area (Å²) in [5.74, 6) is 5.32. The average molecular weight is 477 g/mol. The van der Waals surface area contributed by atoms with Crippen LogP contribution in [0.25, 0.3) is 0 Å². The van der Waals surface area contributed by atoms with E-state index >= 15 is 0 Å². The molecule has 0 aromatic rings. The predicted molar refractivity (Wildman–Crippen MR) is 133 cm³/mol. The summed E-state index contributed by atoms with van der Waals surface area (Å²) < 4.78 is 12.0. The highest BCUT2D eigenvalue weighted by Crippen LogP contribution is 2.68. The SMILES string of the molecule is C[C@H]1C[C@@H](O[C@H]2C=CC=CO2)C[C@@H]2CC[C@H]3[C@@H]4[C@@H](CCSCO)C[C@H](O)[C@@]4(C)CC[C@@H]3[C@]21C. The molecule has 2 N–H and O–H groups in total. The maximum Gasteiger partial charge on any atom is 0.219 e. The smallest absolute Gasteiger partial charge is 0.219 e. The minimum absolute atomic E-state index is 0.0840. The Morgan fingerprint density at radius 3 is 2.73 bits per heavy atom. The zero-order chi connectivity index (χ0) is 23.2. The first-order valence-corrected chi connectivity index (χ1v) is 14.5. The van der Waals surface area contributed by atoms with Gasteiger partial charge in [-0.2, -0.15) is 0 Å². The number of hydrogen-bond acceptors (Lipinski definition) is 5. The quantitative estimate of drug-likeness (QED) is 0.378. The maximum atomic E-state index is 11.1. The third-order valence-corrected chi connectivity index (χ3v) is 11.7. The number of thioether (sulfide) groups is 1. The molecule has 0 unspecified atom stereocenters. The van der Waals surface area contributed by atoms with Crippen molar-refractivity contribution in [3.8, 4) is 0 Å². The monoisotopic (exact) mass is 476 g/mol. The Balaban J connectivity index is 1.33. The number of allylic oxidation sites excluding steroid dienone is 2. The van der Waals surface area contributed by atoms with Gasteiger partial charge < -0.3 is 19.7 Å². The van der Waals surface area contributed by atoms with E-state index in [1.807, 2.05) is 18.2 Å². The number of fused-ring (bicyclic) bond motifs is 5. The zero-order valence-electron chi connectivity index (χ0n) is 20.7. The molecular formula is C28H44O4S. The molecule has 1 aliphatic heterocycles. The van der Waals surface area contributed by atoms with Crippen LogP contribution in [0, 0.1) is 46.3 Å². The molecule has 0 saturated heterocycles. The first-order chi connectivity index (χ1) is 15.9. The van der Waals surface area contributed by atoms with Gasteiger partial charge in [0.1, 0.15) is 0 Å². The van der Waals surface area contributed by atoms with Gasteiger partial charge in [0.05, 0.1) is 24.4 Å². The van der Waals surface area contributed by atoms with E-state index in [0.29, 0.717) is 23.2 Å². The number of aliphatic hydroxyl groups is 2. The van der Waals surface area contributed by atoms with Gasteiger partial charge in [-0.15, -0.1) is 11.8 Å². The van der Waals surface area contributed by atoms with Gasteiger partial charge in [-0.1, -0.05) is 26.8 Å². The Morgan fingerprint density at radius 1 is 1.12 bits per heavy atom. The largest absolute Gasteiger partial charge is 0.469 e. The van der Waals surface area contributed by atoms with Gasteiger partial charge in [0.25, 0.3) is 0 Å². The lowest BCUT2D eigenvalue weighted by Crippen LogP contribution is -2.58. The highest BCUT2D eigenvalue weighted by molar-refractivity contribution is 7.99. The van der Waals surface area contributed by atoms with Crippen molar-refractivity contribution >= 4 is 11.8 Å². The van der Waals surface area contributed by atoms with Crippen molar-refractivity contribution in [2.24, 2.45) is 46.3 Å². The van der Waals surface area contributed by atoms with Crippen molar-refractivity contribution in [1.29, 1.82) is 0 Å². The highest BCUT2D eigenvalue weighted by Gasteiger charge is 2.63. The topological polar surface area (TPSA) is 58.9 Å². The van der Waals surface area contributed by atoms with Crippen LogP contribution < -0.4 is 0 Å². The molecule has 0 radical (unpaired) electrons. The van der Waals surface area contributed by atoms with Crippen LogP contribution in [0.2, 0.25) is 0 Å². The summed E-state index contributed by atoms with van der Waals surface area (Å²) in [4.78, 5) is 0. The molecule has 0 aromatic heterocycles. The van der Waals surface area contributed by atoms with Crippen molar-refractivity contribution in [2.75, 3.05) is 11.7 Å². The Bertz CT molecular complexity index is 754. The Morgan fingerprint density at radius 2 is 1.97 bits per heavy atom. The van der Waals surface area contributed by atoms with Gasteiger partial charge in [0, 0.05) is 0 Å². The summed E-state index contributed by atoms with van der Waals surface area (Å²) in [7, 11) is 0. The highest BCUT2D eigenvalue weighted by atomic mass is 32.2. The Kier molecular flexibility index (Phi) is 6.99. The summed E-state index contributed by atoms with van der Waals surface area (Å²) in [6.07, 6.45) is 17.0. The van der Waals surface area contributed by atoms with Crippen molar-refractivity contribution in [3.63, 3.8) is 0 Å². The van der Waals surface area contributed by atoms with Crippen LogP contribution in [0.5, 0.6) is 0 Å². The molecule has 0 aromatic carbocycles. The summed E-state index contributed by atoms with van der Waals surface area (Å²) in [6, 6.07) is 0. The molecule has 4 fully saturated rings. The van der Waals surface area contributed by atoms with Gasteiger partial charge in [-0.05, 0) is 116 Å². The molecule has 5 rings (SSSR count). The molecule has 4 saturated carbocycles. The van der Waals surface area contributed by atoms with E-state index in [9.17, 15) is 10.2 Å². The Labute approximate surface area is 204 Å². The lowest BCUT2D eigenvalue weighted by Gasteiger charge is -2.63. The van der Waals surface area contributed by atoms with Gasteiger partial charge in [0.15, 0.2) is 0 Å². The van der Waals surface area contributed by atoms with Crippen LogP contribution in [0.1, 0.15) is 72.1 Å². The minimum atomic E-state index is -0.235. The number of ether oxygens (including phenoxy) is 2. The second-order valence-corrected chi connectivity index (χ2v) is 13.2. The standard InChI is InChI=1S/C28H44O4S/c1-18-14-21(32-25-6-4-5-12-31-25)16-20-7-8-22-23(28(18,20)3)9-11-27(2)24(30)15-19(26(22)27)10-13-33-17-29/h4-6,12,18-26,29-30H,7-11,13-17H2,1-3H3/t18-,19-,20-,21+,22+,23-,24-,25-,26-,27+,28-/m0/s1. The van der Waals surface area contributed by atoms with Crippen LogP contribution in [0.3, 0.4) is 0 Å². The fraction of sp³-hybridized carbons (Fsp3) is 0.857. The predicted octanol–water partition coefficient (Wildman–Crippen LogP) is 5.75. The van der Waals surface area contributed by atoms with Crippen molar-refractivity contribution in [1.82, 2.24) is 0 Å². The summed E-state index contributed by atoms with van der Waals surface area (Å²) in [6.45, 7) is 7.49. The van der Waals surface area contributed by atoms with Gasteiger partial charge in [-0.25, -0.2) is 0 Å². The molecule has 33 heavy (non-hydrogen) atoms. The van der Waals surface area contributed by atoms with E-state index in [-0.39, 0.29) is 29.9 Å². The lowest BCUT2D eigenvalue weighted by molar-refractivity contribution is -0.191. The maximum absolute atomic E-state index is 11.1. The van der Waals surface area contributed by atoms with Crippen molar-refractivity contribution in [3.05, 3.63) is 24.5 Å².